The Kier molecular flexibility index (Phi) is 10.5. The summed E-state index contributed by atoms with van der Waals surface area (Å²) in [6.45, 7) is 12.5. The lowest BCUT2D eigenvalue weighted by Crippen LogP contribution is -2.74. The van der Waals surface area contributed by atoms with Gasteiger partial charge >= 0.3 is 0 Å². The first-order chi connectivity index (χ1) is 26.7. The second-order valence-corrected chi connectivity index (χ2v) is 16.2. The molecule has 1 aromatic heterocycles. The van der Waals surface area contributed by atoms with Crippen LogP contribution in [-0.4, -0.2) is 107 Å². The number of imide groups is 2. The molecule has 56 heavy (non-hydrogen) atoms. The molecule has 0 spiro atoms. The highest BCUT2D eigenvalue weighted by Gasteiger charge is 2.64. The Morgan fingerprint density at radius 3 is 2.32 bits per heavy atom. The first kappa shape index (κ1) is 38.7. The van der Waals surface area contributed by atoms with E-state index in [4.69, 9.17) is 21.1 Å². The number of benzene rings is 2. The molecule has 15 nitrogen and oxygen atoms in total. The third-order valence-electron chi connectivity index (χ3n) is 11.3. The zero-order chi connectivity index (χ0) is 39.9. The first-order valence-corrected chi connectivity index (χ1v) is 19.0. The number of carbonyl (C=O) groups is 5. The summed E-state index contributed by atoms with van der Waals surface area (Å²) < 4.78 is 12.3. The van der Waals surface area contributed by atoms with E-state index in [1.165, 1.54) is 12.1 Å². The molecule has 1 atom stereocenters. The number of nitriles is 1. The summed E-state index contributed by atoms with van der Waals surface area (Å²) in [7, 11) is 0. The van der Waals surface area contributed by atoms with Gasteiger partial charge < -0.3 is 19.7 Å². The van der Waals surface area contributed by atoms with Crippen LogP contribution in [0.2, 0.25) is 5.02 Å². The van der Waals surface area contributed by atoms with Crippen LogP contribution < -0.4 is 25.0 Å². The van der Waals surface area contributed by atoms with Crippen molar-refractivity contribution in [1.82, 2.24) is 30.6 Å². The Morgan fingerprint density at radius 1 is 0.946 bits per heavy atom. The molecule has 3 aromatic rings. The van der Waals surface area contributed by atoms with Crippen LogP contribution in [0.25, 0.3) is 0 Å². The normalized spacial score (nSPS) is 22.8. The molecule has 3 fully saturated rings. The Bertz CT molecular complexity index is 2110. The van der Waals surface area contributed by atoms with Gasteiger partial charge in [-0.1, -0.05) is 39.3 Å². The molecule has 1 aliphatic carbocycles. The van der Waals surface area contributed by atoms with Crippen molar-refractivity contribution in [3.8, 4) is 17.6 Å². The number of fused-ring (bicyclic) bond motifs is 1. The molecule has 5 amide bonds. The summed E-state index contributed by atoms with van der Waals surface area (Å²) in [6.07, 6.45) is 0.674. The number of anilines is 1. The Balaban J connectivity index is 0.847. The standard InChI is InChI=1S/C40H43ClN8O7/c1-39(2)37(40(3,4)38(39)56-25-7-6-23(22-42)28(41)21-25)44-33(51)29-10-12-31(46-45-29)48-17-15-47(16-18-48)14-5-19-55-24-8-9-26-27(20-24)36(54)49(35(26)53)30-11-13-32(50)43-34(30)52/h6-10,12,20-21,30,37-38H,5,11,13-19H2,1-4H3,(H,44,51)(H,43,50,52)/t30?,37-,38-. The molecule has 7 rings (SSSR count). The number of halogens is 1. The van der Waals surface area contributed by atoms with Crippen LogP contribution in [-0.2, 0) is 9.59 Å². The minimum Gasteiger partial charge on any atom is -0.494 e. The predicted octanol–water partition coefficient (Wildman–Crippen LogP) is 3.61. The molecule has 0 bridgehead atoms. The summed E-state index contributed by atoms with van der Waals surface area (Å²) in [4.78, 5) is 68.7. The average Bonchev–Trinajstić information content (AvgIpc) is 3.42. The maximum absolute atomic E-state index is 13.3. The number of hydrogen-bond acceptors (Lipinski definition) is 12. The van der Waals surface area contributed by atoms with Crippen LogP contribution in [0.4, 0.5) is 5.82 Å². The molecular weight excluding hydrogens is 740 g/mol. The van der Waals surface area contributed by atoms with E-state index in [-0.39, 0.29) is 47.7 Å². The molecular formula is C40H43ClN8O7. The van der Waals surface area contributed by atoms with Crippen molar-refractivity contribution in [3.05, 3.63) is 75.9 Å². The summed E-state index contributed by atoms with van der Waals surface area (Å²) in [5.74, 6) is -0.772. The summed E-state index contributed by atoms with van der Waals surface area (Å²) in [5.41, 5.74) is 0.182. The highest BCUT2D eigenvalue weighted by atomic mass is 35.5. The third-order valence-corrected chi connectivity index (χ3v) is 11.6. The molecule has 292 valence electrons. The van der Waals surface area contributed by atoms with Gasteiger partial charge in [0.1, 0.15) is 29.7 Å². The van der Waals surface area contributed by atoms with Gasteiger partial charge in [-0.15, -0.1) is 10.2 Å². The quantitative estimate of drug-likeness (QED) is 0.213. The van der Waals surface area contributed by atoms with Crippen LogP contribution in [0.5, 0.6) is 11.5 Å². The molecule has 4 aliphatic rings. The number of piperazine rings is 1. The van der Waals surface area contributed by atoms with Crippen LogP contribution in [0.15, 0.2) is 48.5 Å². The number of rotatable bonds is 11. The molecule has 2 N–H and O–H groups in total. The van der Waals surface area contributed by atoms with Gasteiger partial charge in [-0.3, -0.25) is 39.1 Å². The Labute approximate surface area is 329 Å². The van der Waals surface area contributed by atoms with Gasteiger partial charge in [-0.2, -0.15) is 5.26 Å². The Morgan fingerprint density at radius 2 is 1.66 bits per heavy atom. The fourth-order valence-electron chi connectivity index (χ4n) is 8.63. The monoisotopic (exact) mass is 782 g/mol. The van der Waals surface area contributed by atoms with Crippen molar-refractivity contribution in [2.45, 2.75) is 65.1 Å². The van der Waals surface area contributed by atoms with Gasteiger partial charge in [-0.05, 0) is 55.3 Å². The molecule has 0 radical (unpaired) electrons. The summed E-state index contributed by atoms with van der Waals surface area (Å²) >= 11 is 6.22. The van der Waals surface area contributed by atoms with Gasteiger partial charge in [0, 0.05) is 62.1 Å². The molecule has 3 aliphatic heterocycles. The van der Waals surface area contributed by atoms with Crippen LogP contribution in [0.3, 0.4) is 0 Å². The first-order valence-electron chi connectivity index (χ1n) is 18.7. The minimum absolute atomic E-state index is 0.0623. The number of aromatic nitrogens is 2. The molecule has 1 saturated carbocycles. The van der Waals surface area contributed by atoms with Crippen LogP contribution in [0, 0.1) is 22.2 Å². The lowest BCUT2D eigenvalue weighted by Gasteiger charge is -2.63. The maximum atomic E-state index is 13.3. The highest BCUT2D eigenvalue weighted by molar-refractivity contribution is 6.31. The lowest BCUT2D eigenvalue weighted by molar-refractivity contribution is -0.164. The average molecular weight is 783 g/mol. The van der Waals surface area contributed by atoms with Gasteiger partial charge in [0.05, 0.1) is 28.3 Å². The van der Waals surface area contributed by atoms with Crippen molar-refractivity contribution in [2.75, 3.05) is 44.2 Å². The fraction of sp³-hybridized carbons (Fsp3) is 0.450. The van der Waals surface area contributed by atoms with Crippen molar-refractivity contribution < 1.29 is 33.4 Å². The van der Waals surface area contributed by atoms with Gasteiger partial charge in [0.25, 0.3) is 17.7 Å². The summed E-state index contributed by atoms with van der Waals surface area (Å²) in [6, 6.07) is 14.1. The number of amides is 5. The minimum atomic E-state index is -1.01. The summed E-state index contributed by atoms with van der Waals surface area (Å²) in [5, 5.41) is 23.5. The lowest BCUT2D eigenvalue weighted by atomic mass is 9.49. The SMILES string of the molecule is CC1(C)[C@H](NC(=O)c2ccc(N3CCN(CCCOc4ccc5c(c4)C(=O)N(C4CCC(=O)NC4=O)C5=O)CC3)nn2)C(C)(C)[C@H]1Oc1ccc(C#N)c(Cl)c1. The van der Waals surface area contributed by atoms with Crippen molar-refractivity contribution in [3.63, 3.8) is 0 Å². The fourth-order valence-corrected chi connectivity index (χ4v) is 8.85. The number of ether oxygens (including phenoxy) is 2. The number of nitrogens with zero attached hydrogens (tertiary/aromatic N) is 6. The van der Waals surface area contributed by atoms with Crippen molar-refractivity contribution in [2.24, 2.45) is 10.8 Å². The molecule has 1 unspecified atom stereocenters. The smallest absolute Gasteiger partial charge is 0.272 e. The van der Waals surface area contributed by atoms with E-state index in [1.54, 1.807) is 30.3 Å². The van der Waals surface area contributed by atoms with Gasteiger partial charge in [-0.25, -0.2) is 0 Å². The second kappa shape index (κ2) is 15.2. The Hall–Kier alpha value is -5.59. The number of hydrogen-bond donors (Lipinski definition) is 2. The van der Waals surface area contributed by atoms with E-state index < -0.39 is 40.5 Å². The van der Waals surface area contributed by atoms with E-state index in [0.29, 0.717) is 34.5 Å². The molecule has 2 saturated heterocycles. The number of piperidine rings is 1. The largest absolute Gasteiger partial charge is 0.494 e. The van der Waals surface area contributed by atoms with E-state index in [0.717, 1.165) is 44.0 Å². The predicted molar refractivity (Wildman–Crippen MR) is 203 cm³/mol. The highest BCUT2D eigenvalue weighted by Crippen LogP contribution is 2.55. The number of carbonyl (C=O) groups excluding carboxylic acids is 5. The van der Waals surface area contributed by atoms with Gasteiger partial charge in [0.2, 0.25) is 11.8 Å². The van der Waals surface area contributed by atoms with Gasteiger partial charge in [0.15, 0.2) is 11.5 Å². The third kappa shape index (κ3) is 7.26. The second-order valence-electron chi connectivity index (χ2n) is 15.8. The van der Waals surface area contributed by atoms with Crippen molar-refractivity contribution in [1.29, 1.82) is 5.26 Å². The number of nitrogens with one attached hydrogen (secondary N) is 2. The zero-order valence-corrected chi connectivity index (χ0v) is 32.4. The van der Waals surface area contributed by atoms with Crippen LogP contribution in [0.1, 0.15) is 83.7 Å². The van der Waals surface area contributed by atoms with Crippen molar-refractivity contribution >= 4 is 47.0 Å². The van der Waals surface area contributed by atoms with E-state index in [1.807, 2.05) is 33.8 Å². The zero-order valence-electron chi connectivity index (χ0n) is 31.6. The van der Waals surface area contributed by atoms with Crippen LogP contribution >= 0.6 is 11.6 Å². The molecule has 4 heterocycles. The molecule has 2 aromatic carbocycles. The topological polar surface area (TPSA) is 187 Å². The van der Waals surface area contributed by atoms with E-state index >= 15 is 0 Å². The maximum Gasteiger partial charge on any atom is 0.272 e. The molecule has 16 heteroatoms. The van der Waals surface area contributed by atoms with E-state index in [9.17, 15) is 29.2 Å². The van der Waals surface area contributed by atoms with E-state index in [2.05, 4.69) is 36.7 Å².